The fraction of sp³-hybridized carbons (Fsp3) is 0.353. The SMILES string of the molecule is Cc1c(C(=O)N2CC(C(=O)O)O[C@H](C)C2)cnn1-c1ccccc1. The monoisotopic (exact) mass is 329 g/mol. The van der Waals surface area contributed by atoms with Gasteiger partial charge in [0.25, 0.3) is 5.91 Å². The van der Waals surface area contributed by atoms with E-state index in [4.69, 9.17) is 9.84 Å². The second-order valence-corrected chi connectivity index (χ2v) is 5.87. The fourth-order valence-corrected chi connectivity index (χ4v) is 2.87. The van der Waals surface area contributed by atoms with Crippen LogP contribution in [-0.4, -0.2) is 57.0 Å². The van der Waals surface area contributed by atoms with Crippen molar-refractivity contribution in [3.8, 4) is 5.69 Å². The van der Waals surface area contributed by atoms with Crippen LogP contribution >= 0.6 is 0 Å². The Morgan fingerprint density at radius 2 is 1.96 bits per heavy atom. The van der Waals surface area contributed by atoms with Crippen LogP contribution in [0.5, 0.6) is 0 Å². The summed E-state index contributed by atoms with van der Waals surface area (Å²) in [6.45, 7) is 3.98. The zero-order valence-electron chi connectivity index (χ0n) is 13.5. The minimum absolute atomic E-state index is 0.0362. The Morgan fingerprint density at radius 1 is 1.25 bits per heavy atom. The van der Waals surface area contributed by atoms with E-state index in [0.717, 1.165) is 11.4 Å². The van der Waals surface area contributed by atoms with Gasteiger partial charge in [0.15, 0.2) is 6.10 Å². The third-order valence-corrected chi connectivity index (χ3v) is 4.06. The lowest BCUT2D eigenvalue weighted by Crippen LogP contribution is -2.51. The van der Waals surface area contributed by atoms with Crippen molar-refractivity contribution < 1.29 is 19.4 Å². The fourth-order valence-electron chi connectivity index (χ4n) is 2.87. The van der Waals surface area contributed by atoms with Crippen LogP contribution in [0.4, 0.5) is 0 Å². The van der Waals surface area contributed by atoms with E-state index in [9.17, 15) is 9.59 Å². The zero-order valence-corrected chi connectivity index (χ0v) is 13.5. The molecular weight excluding hydrogens is 310 g/mol. The summed E-state index contributed by atoms with van der Waals surface area (Å²) in [6, 6.07) is 9.53. The Bertz CT molecular complexity index is 756. The summed E-state index contributed by atoms with van der Waals surface area (Å²) in [6.07, 6.45) is 0.205. The molecule has 2 atom stereocenters. The molecule has 3 rings (SSSR count). The number of nitrogens with zero attached hydrogens (tertiary/aromatic N) is 3. The van der Waals surface area contributed by atoms with Crippen molar-refractivity contribution in [1.82, 2.24) is 14.7 Å². The lowest BCUT2D eigenvalue weighted by atomic mass is 10.1. The zero-order chi connectivity index (χ0) is 17.3. The summed E-state index contributed by atoms with van der Waals surface area (Å²) >= 11 is 0. The summed E-state index contributed by atoms with van der Waals surface area (Å²) < 4.78 is 7.05. The maximum Gasteiger partial charge on any atom is 0.334 e. The average molecular weight is 329 g/mol. The molecule has 0 spiro atoms. The van der Waals surface area contributed by atoms with Gasteiger partial charge in [-0.05, 0) is 26.0 Å². The lowest BCUT2D eigenvalue weighted by molar-refractivity contribution is -0.160. The first-order chi connectivity index (χ1) is 11.5. The van der Waals surface area contributed by atoms with Gasteiger partial charge in [0.1, 0.15) is 0 Å². The summed E-state index contributed by atoms with van der Waals surface area (Å²) in [5.41, 5.74) is 2.06. The van der Waals surface area contributed by atoms with Gasteiger partial charge in [0.05, 0.1) is 35.8 Å². The number of benzene rings is 1. The van der Waals surface area contributed by atoms with E-state index in [1.165, 1.54) is 11.1 Å². The van der Waals surface area contributed by atoms with Crippen LogP contribution < -0.4 is 0 Å². The van der Waals surface area contributed by atoms with E-state index < -0.39 is 12.1 Å². The Hall–Kier alpha value is -2.67. The van der Waals surface area contributed by atoms with E-state index in [1.54, 1.807) is 11.6 Å². The van der Waals surface area contributed by atoms with E-state index in [2.05, 4.69) is 5.10 Å². The molecule has 0 radical (unpaired) electrons. The van der Waals surface area contributed by atoms with Crippen molar-refractivity contribution in [2.24, 2.45) is 0 Å². The minimum atomic E-state index is -1.06. The van der Waals surface area contributed by atoms with Crippen LogP contribution in [0, 0.1) is 6.92 Å². The Balaban J connectivity index is 1.85. The molecule has 0 aliphatic carbocycles. The third kappa shape index (κ3) is 3.03. The molecule has 1 saturated heterocycles. The number of para-hydroxylation sites is 1. The van der Waals surface area contributed by atoms with Gasteiger partial charge in [-0.25, -0.2) is 9.48 Å². The number of hydrogen-bond donors (Lipinski definition) is 1. The molecule has 7 heteroatoms. The van der Waals surface area contributed by atoms with Gasteiger partial charge in [-0.3, -0.25) is 4.79 Å². The highest BCUT2D eigenvalue weighted by Gasteiger charge is 2.34. The summed E-state index contributed by atoms with van der Waals surface area (Å²) in [5.74, 6) is -1.29. The first-order valence-corrected chi connectivity index (χ1v) is 7.75. The molecule has 1 amide bonds. The van der Waals surface area contributed by atoms with Crippen molar-refractivity contribution in [2.75, 3.05) is 13.1 Å². The quantitative estimate of drug-likeness (QED) is 0.922. The Morgan fingerprint density at radius 3 is 2.62 bits per heavy atom. The molecule has 2 heterocycles. The number of aromatic nitrogens is 2. The Kier molecular flexibility index (Phi) is 4.35. The molecule has 1 unspecified atom stereocenters. The van der Waals surface area contributed by atoms with Gasteiger partial charge in [0.2, 0.25) is 0 Å². The second kappa shape index (κ2) is 6.45. The van der Waals surface area contributed by atoms with Gasteiger partial charge >= 0.3 is 5.97 Å². The predicted molar refractivity (Wildman–Crippen MR) is 86.2 cm³/mol. The predicted octanol–water partition coefficient (Wildman–Crippen LogP) is 1.49. The largest absolute Gasteiger partial charge is 0.479 e. The third-order valence-electron chi connectivity index (χ3n) is 4.06. The Labute approximate surface area is 139 Å². The highest BCUT2D eigenvalue weighted by atomic mass is 16.5. The number of morpholine rings is 1. The molecule has 1 aliphatic rings. The molecule has 1 aliphatic heterocycles. The van der Waals surface area contributed by atoms with Crippen molar-refractivity contribution >= 4 is 11.9 Å². The molecule has 1 N–H and O–H groups in total. The van der Waals surface area contributed by atoms with Gasteiger partial charge in [-0.15, -0.1) is 0 Å². The van der Waals surface area contributed by atoms with E-state index in [-0.39, 0.29) is 18.6 Å². The number of amides is 1. The smallest absolute Gasteiger partial charge is 0.334 e. The average Bonchev–Trinajstić information content (AvgIpc) is 2.96. The number of carboxylic acid groups (broad SMARTS) is 1. The van der Waals surface area contributed by atoms with Crippen LogP contribution in [0.2, 0.25) is 0 Å². The number of rotatable bonds is 3. The van der Waals surface area contributed by atoms with Crippen molar-refractivity contribution in [2.45, 2.75) is 26.1 Å². The van der Waals surface area contributed by atoms with Crippen LogP contribution in [-0.2, 0) is 9.53 Å². The second-order valence-electron chi connectivity index (χ2n) is 5.87. The number of ether oxygens (including phenoxy) is 1. The van der Waals surface area contributed by atoms with Gasteiger partial charge in [-0.2, -0.15) is 5.10 Å². The minimum Gasteiger partial charge on any atom is -0.479 e. The first kappa shape index (κ1) is 16.2. The van der Waals surface area contributed by atoms with Crippen molar-refractivity contribution in [3.05, 3.63) is 47.8 Å². The highest BCUT2D eigenvalue weighted by molar-refractivity contribution is 5.95. The maximum absolute atomic E-state index is 12.8. The number of carboxylic acids is 1. The molecule has 24 heavy (non-hydrogen) atoms. The number of hydrogen-bond acceptors (Lipinski definition) is 4. The van der Waals surface area contributed by atoms with Gasteiger partial charge in [-0.1, -0.05) is 18.2 Å². The standard InChI is InChI=1S/C17H19N3O4/c1-11-9-19(10-15(24-11)17(22)23)16(21)14-8-18-20(12(14)2)13-6-4-3-5-7-13/h3-8,11,15H,9-10H2,1-2H3,(H,22,23)/t11-,15?/m1/s1. The summed E-state index contributed by atoms with van der Waals surface area (Å²) in [4.78, 5) is 25.5. The highest BCUT2D eigenvalue weighted by Crippen LogP contribution is 2.19. The van der Waals surface area contributed by atoms with Gasteiger partial charge < -0.3 is 14.7 Å². The van der Waals surface area contributed by atoms with E-state index >= 15 is 0 Å². The van der Waals surface area contributed by atoms with Crippen molar-refractivity contribution in [3.63, 3.8) is 0 Å². The number of carbonyl (C=O) groups is 2. The maximum atomic E-state index is 12.8. The van der Waals surface area contributed by atoms with Crippen LogP contribution in [0.1, 0.15) is 23.0 Å². The first-order valence-electron chi connectivity index (χ1n) is 7.75. The van der Waals surface area contributed by atoms with Crippen molar-refractivity contribution in [1.29, 1.82) is 0 Å². The van der Waals surface area contributed by atoms with Crippen LogP contribution in [0.25, 0.3) is 5.69 Å². The molecule has 126 valence electrons. The topological polar surface area (TPSA) is 84.7 Å². The molecule has 1 fully saturated rings. The van der Waals surface area contributed by atoms with Gasteiger partial charge in [0, 0.05) is 6.54 Å². The molecule has 1 aromatic carbocycles. The molecule has 7 nitrogen and oxygen atoms in total. The normalized spacial score (nSPS) is 20.8. The molecule has 1 aromatic heterocycles. The summed E-state index contributed by atoms with van der Waals surface area (Å²) in [5, 5.41) is 13.5. The summed E-state index contributed by atoms with van der Waals surface area (Å²) in [7, 11) is 0. The number of carbonyl (C=O) groups excluding carboxylic acids is 1. The molecule has 0 saturated carbocycles. The van der Waals surface area contributed by atoms with E-state index in [1.807, 2.05) is 37.3 Å². The number of aliphatic carboxylic acids is 1. The molecule has 0 bridgehead atoms. The lowest BCUT2D eigenvalue weighted by Gasteiger charge is -2.34. The van der Waals surface area contributed by atoms with E-state index in [0.29, 0.717) is 12.1 Å². The molecule has 2 aromatic rings. The van der Waals surface area contributed by atoms with Crippen LogP contribution in [0.3, 0.4) is 0 Å². The van der Waals surface area contributed by atoms with Crippen LogP contribution in [0.15, 0.2) is 36.5 Å². The molecular formula is C17H19N3O4.